The van der Waals surface area contributed by atoms with Crippen LogP contribution in [0.5, 0.6) is 0 Å². The number of amides is 1. The molecule has 0 aliphatic heterocycles. The fourth-order valence-electron chi connectivity index (χ4n) is 11.1. The molecule has 1 amide bonds. The van der Waals surface area contributed by atoms with E-state index in [-0.39, 0.29) is 66.8 Å². The van der Waals surface area contributed by atoms with Crippen molar-refractivity contribution in [2.75, 3.05) is 42.0 Å². The number of nitrogens with zero attached hydrogens (tertiary/aromatic N) is 4. The van der Waals surface area contributed by atoms with Gasteiger partial charge >= 0.3 is 29.4 Å². The van der Waals surface area contributed by atoms with Crippen LogP contribution in [0.15, 0.2) is 225 Å². The molecule has 0 bridgehead atoms. The molecule has 0 aliphatic rings. The Morgan fingerprint density at radius 3 is 1.21 bits per heavy atom. The minimum Gasteiger partial charge on any atom is -0.478 e. The molecule has 10 N–H and O–H groups in total. The molecule has 16 aromatic rings. The predicted molar refractivity (Wildman–Crippen MR) is 462 cm³/mol. The van der Waals surface area contributed by atoms with Gasteiger partial charge in [0.25, 0.3) is 5.91 Å². The Morgan fingerprint density at radius 1 is 0.427 bits per heavy atom. The SMILES string of the molecule is CCOC(=O)c1ccc2nc(CC(=O)Cc3ccc(Cl)cc3)sc2c1.CCOC(=O)c1ccc2nc(N)sc2c1.Nc1ccc2[nH]c(=O)oc2c1.O=C(Cc1ccc(Cl)cc1)Cc1nc2ccc(C(=O)Nc3ccc4[nH]c(=O)oc4c3)cc2s1.O=C(Cc1ccc(Cl)cc1)Cc1nc2ccc(C(=O)O)cc2s1.OCNc1ccc(Cl)cc1. The number of benzene rings is 10. The molecule has 16 rings (SSSR count). The molecule has 0 radical (unpaired) electrons. The van der Waals surface area contributed by atoms with E-state index in [1.54, 1.807) is 178 Å². The van der Waals surface area contributed by atoms with Crippen molar-refractivity contribution in [1.29, 1.82) is 0 Å². The normalized spacial score (nSPS) is 10.7. The number of nitrogens with one attached hydrogen (secondary N) is 4. The molecule has 6 heterocycles. The van der Waals surface area contributed by atoms with Gasteiger partial charge in [-0.05, 0) is 188 Å². The first-order valence-corrected chi connectivity index (χ1v) is 40.2. The number of nitrogens with two attached hydrogens (primary N) is 2. The molecule has 596 valence electrons. The number of halogens is 4. The largest absolute Gasteiger partial charge is 0.478 e. The number of carboxylic acids is 1. The number of aliphatic hydroxyl groups excluding tert-OH is 1. The number of aromatic amines is 2. The topological polar surface area (TPSA) is 398 Å². The number of thiazole rings is 4. The third-order valence-corrected chi connectivity index (χ3v) is 21.4. The predicted octanol–water partition coefficient (Wildman–Crippen LogP) is 17.9. The monoisotopic (exact) mass is 1720 g/mol. The Balaban J connectivity index is 0.000000144. The summed E-state index contributed by atoms with van der Waals surface area (Å²) in [7, 11) is 0. The van der Waals surface area contributed by atoms with Crippen LogP contribution in [0.4, 0.5) is 22.2 Å². The Hall–Kier alpha value is -12.3. The summed E-state index contributed by atoms with van der Waals surface area (Å²) >= 11 is 28.7. The number of nitrogen functional groups attached to an aromatic ring is 2. The number of ether oxygens (including phenoxy) is 2. The average molecular weight is 1730 g/mol. The summed E-state index contributed by atoms with van der Waals surface area (Å²) < 4.78 is 23.1. The maximum atomic E-state index is 12.7. The third-order valence-electron chi connectivity index (χ3n) is 16.5. The number of carbonyl (C=O) groups excluding carboxylic acids is 6. The van der Waals surface area contributed by atoms with Crippen LogP contribution in [0.1, 0.15) is 87.0 Å². The van der Waals surface area contributed by atoms with Crippen molar-refractivity contribution in [3.05, 3.63) is 301 Å². The molecule has 6 aromatic heterocycles. The van der Waals surface area contributed by atoms with Crippen LogP contribution in [0, 0.1) is 0 Å². The number of oxazole rings is 2. The average Bonchev–Trinajstić information content (AvgIpc) is 1.73. The van der Waals surface area contributed by atoms with Gasteiger partial charge in [0.05, 0.1) is 101 Å². The Morgan fingerprint density at radius 2 is 0.786 bits per heavy atom. The highest BCUT2D eigenvalue weighted by atomic mass is 35.5. The van der Waals surface area contributed by atoms with Gasteiger partial charge in [-0.1, -0.05) is 94.1 Å². The van der Waals surface area contributed by atoms with E-state index in [9.17, 15) is 43.2 Å². The van der Waals surface area contributed by atoms with Crippen molar-refractivity contribution in [2.24, 2.45) is 0 Å². The fraction of sp³-hybridized carbons (Fsp3) is 0.131. The summed E-state index contributed by atoms with van der Waals surface area (Å²) in [5.41, 5.74) is 22.6. The number of fused-ring (bicyclic) bond motifs is 6. The molecular weight excluding hydrogens is 1660 g/mol. The number of carbonyl (C=O) groups is 7. The van der Waals surface area contributed by atoms with Gasteiger partial charge in [0.15, 0.2) is 16.3 Å². The van der Waals surface area contributed by atoms with Crippen LogP contribution in [-0.4, -0.2) is 101 Å². The summed E-state index contributed by atoms with van der Waals surface area (Å²) in [6.07, 6.45) is 1.73. The molecule has 0 atom stereocenters. The van der Waals surface area contributed by atoms with E-state index in [0.29, 0.717) is 123 Å². The molecule has 0 saturated carbocycles. The summed E-state index contributed by atoms with van der Waals surface area (Å²) in [6.45, 7) is 4.21. The summed E-state index contributed by atoms with van der Waals surface area (Å²) in [5.74, 6) is -2.73. The zero-order chi connectivity index (χ0) is 83.2. The lowest BCUT2D eigenvalue weighted by atomic mass is 10.1. The summed E-state index contributed by atoms with van der Waals surface area (Å²) in [5, 5.41) is 28.3. The van der Waals surface area contributed by atoms with E-state index in [1.165, 1.54) is 51.4 Å². The van der Waals surface area contributed by atoms with Gasteiger partial charge in [-0.15, -0.1) is 34.0 Å². The zero-order valence-corrected chi connectivity index (χ0v) is 68.1. The maximum Gasteiger partial charge on any atom is 0.417 e. The van der Waals surface area contributed by atoms with Gasteiger partial charge in [-0.25, -0.2) is 43.9 Å². The van der Waals surface area contributed by atoms with E-state index in [1.807, 2.05) is 36.4 Å². The van der Waals surface area contributed by atoms with E-state index in [0.717, 1.165) is 62.7 Å². The minimum absolute atomic E-state index is 0.0539. The van der Waals surface area contributed by atoms with Crippen molar-refractivity contribution in [3.63, 3.8) is 0 Å². The molecule has 0 spiro atoms. The first-order valence-electron chi connectivity index (χ1n) is 35.4. The van der Waals surface area contributed by atoms with Crippen molar-refractivity contribution >= 4 is 218 Å². The van der Waals surface area contributed by atoms with E-state index in [4.69, 9.17) is 86.4 Å². The molecular formula is C84H68Cl4N10O15S4. The number of aliphatic hydroxyl groups is 1. The highest BCUT2D eigenvalue weighted by Crippen LogP contribution is 2.30. The second-order valence-corrected chi connectivity index (χ2v) is 31.4. The lowest BCUT2D eigenvalue weighted by molar-refractivity contribution is -0.118. The second kappa shape index (κ2) is 40.8. The van der Waals surface area contributed by atoms with E-state index >= 15 is 0 Å². The van der Waals surface area contributed by atoms with Crippen LogP contribution in [-0.2, 0) is 62.4 Å². The van der Waals surface area contributed by atoms with Gasteiger partial charge < -0.3 is 50.6 Å². The lowest BCUT2D eigenvalue weighted by Gasteiger charge is -2.05. The highest BCUT2D eigenvalue weighted by molar-refractivity contribution is 7.22. The number of Topliss-reactive ketones (excluding diaryl/α,β-unsaturated/α-hetero) is 3. The molecule has 25 nitrogen and oxygen atoms in total. The molecule has 0 unspecified atom stereocenters. The lowest BCUT2D eigenvalue weighted by Crippen LogP contribution is -2.11. The maximum absolute atomic E-state index is 12.7. The van der Waals surface area contributed by atoms with Gasteiger partial charge in [0, 0.05) is 74.1 Å². The number of hydrogen-bond donors (Lipinski definition) is 8. The number of hydrogen-bond acceptors (Lipinski definition) is 25. The summed E-state index contributed by atoms with van der Waals surface area (Å²) in [4.78, 5) is 128. The van der Waals surface area contributed by atoms with Gasteiger partial charge in [0.1, 0.15) is 39.1 Å². The Labute approximate surface area is 700 Å². The van der Waals surface area contributed by atoms with Crippen molar-refractivity contribution in [1.82, 2.24) is 29.9 Å². The summed E-state index contributed by atoms with van der Waals surface area (Å²) in [6, 6.07) is 59.2. The molecule has 0 saturated heterocycles. The molecule has 0 fully saturated rings. The highest BCUT2D eigenvalue weighted by Gasteiger charge is 2.18. The number of aromatic carboxylic acids is 1. The Kier molecular flexibility index (Phi) is 29.9. The van der Waals surface area contributed by atoms with Gasteiger partial charge in [-0.2, -0.15) is 0 Å². The molecule has 33 heteroatoms. The van der Waals surface area contributed by atoms with E-state index in [2.05, 4.69) is 40.5 Å². The van der Waals surface area contributed by atoms with Crippen molar-refractivity contribution in [3.8, 4) is 0 Å². The van der Waals surface area contributed by atoms with Crippen molar-refractivity contribution in [2.45, 2.75) is 52.4 Å². The number of rotatable bonds is 21. The number of carboxylic acid groups (broad SMARTS) is 1. The van der Waals surface area contributed by atoms with Crippen LogP contribution in [0.25, 0.3) is 63.1 Å². The molecule has 0 aliphatic carbocycles. The number of H-pyrrole nitrogens is 2. The van der Waals surface area contributed by atoms with Gasteiger partial charge in [-0.3, -0.25) is 29.1 Å². The zero-order valence-electron chi connectivity index (χ0n) is 61.8. The Bertz CT molecular complexity index is 6380. The number of aromatic nitrogens is 6. The number of esters is 2. The molecule has 117 heavy (non-hydrogen) atoms. The van der Waals surface area contributed by atoms with E-state index < -0.39 is 17.5 Å². The number of anilines is 4. The smallest absolute Gasteiger partial charge is 0.417 e. The van der Waals surface area contributed by atoms with Crippen LogP contribution in [0.2, 0.25) is 20.1 Å². The first-order chi connectivity index (χ1) is 56.3. The van der Waals surface area contributed by atoms with Gasteiger partial charge in [0.2, 0.25) is 0 Å². The quantitative estimate of drug-likeness (QED) is 0.0188. The second-order valence-electron chi connectivity index (χ2n) is 25.2. The fourth-order valence-corrected chi connectivity index (χ4v) is 15.5. The van der Waals surface area contributed by atoms with Crippen molar-refractivity contribution < 1.29 is 62.1 Å². The standard InChI is InChI=1S/C24H16ClN3O4S.C19H16ClNO3S.C17H12ClNO3S.C10H10N2O2S.C7H8ClNO.C7H6N2O2/c25-15-4-1-13(2-5-15)9-17(29)12-22-27-19-7-3-14(10-21(19)33-22)23(30)26-16-6-8-18-20(11-16)32-24(31)28-18;1-2-24-19(23)13-5-8-16-17(10-13)25-18(21-16)11-15(22)9-12-3-6-14(20)7-4-12;18-12-4-1-10(2-5-12)7-13(20)9-16-19-14-6-3-11(17(21)22)8-15(14)23-16;1-2-14-9(13)6-3-4-7-8(5-6)15-10(11)12-7;8-6-1-3-7(4-2-6)9-5-10;8-4-1-2-5-6(3-4)11-7(10)9-5/h1-8,10-11H,9,12H2,(H,26,30)(H,28,31);3-8,10H,2,9,11H2,1H3;1-6,8H,7,9H2,(H,21,22);3-5H,2H2,1H3,(H2,11,12);1-4,9-10H,5H2;1-3H,8H2,(H,9,10). The van der Waals surface area contributed by atoms with Crippen LogP contribution in [0.3, 0.4) is 0 Å². The molecule has 10 aromatic carbocycles. The van der Waals surface area contributed by atoms with Crippen LogP contribution >= 0.6 is 91.8 Å². The third kappa shape index (κ3) is 25.1. The number of ketones is 3. The van der Waals surface area contributed by atoms with Crippen LogP contribution < -0.4 is 33.6 Å². The first kappa shape index (κ1) is 85.6. The minimum atomic E-state index is -0.972.